The lowest BCUT2D eigenvalue weighted by molar-refractivity contribution is -0.149. The molecule has 128 valence electrons. The Bertz CT molecular complexity index is 702. The minimum atomic E-state index is -0.0186. The lowest BCUT2D eigenvalue weighted by Gasteiger charge is -2.30. The Morgan fingerprint density at radius 3 is 2.67 bits per heavy atom. The van der Waals surface area contributed by atoms with Crippen molar-refractivity contribution in [3.05, 3.63) is 47.5 Å². The van der Waals surface area contributed by atoms with E-state index in [4.69, 9.17) is 4.74 Å². The minimum Gasteiger partial charge on any atom is -0.466 e. The van der Waals surface area contributed by atoms with Crippen LogP contribution in [-0.4, -0.2) is 30.6 Å². The van der Waals surface area contributed by atoms with Gasteiger partial charge in [-0.2, -0.15) is 0 Å². The van der Waals surface area contributed by atoms with Crippen LogP contribution < -0.4 is 0 Å². The van der Waals surface area contributed by atoms with Crippen molar-refractivity contribution >= 4 is 16.7 Å². The Morgan fingerprint density at radius 2 is 1.96 bits per heavy atom. The lowest BCUT2D eigenvalue weighted by Crippen LogP contribution is -2.36. The number of esters is 1. The predicted octanol–water partition coefficient (Wildman–Crippen LogP) is 4.18. The van der Waals surface area contributed by atoms with Gasteiger partial charge in [0.2, 0.25) is 0 Å². The maximum absolute atomic E-state index is 11.8. The molecule has 0 bridgehead atoms. The van der Waals surface area contributed by atoms with Crippen LogP contribution in [0.15, 0.2) is 36.4 Å². The molecule has 0 unspecified atom stereocenters. The number of carbonyl (C=O) groups is 1. The van der Waals surface area contributed by atoms with Crippen molar-refractivity contribution in [3.63, 3.8) is 0 Å². The molecule has 2 aromatic carbocycles. The minimum absolute atomic E-state index is 0.0186. The first-order valence-electron chi connectivity index (χ1n) is 9.10. The molecular formula is C21H27NO2. The van der Waals surface area contributed by atoms with Crippen LogP contribution in [-0.2, 0) is 22.5 Å². The summed E-state index contributed by atoms with van der Waals surface area (Å²) in [4.78, 5) is 14.3. The summed E-state index contributed by atoms with van der Waals surface area (Å²) in [5, 5.41) is 2.69. The van der Waals surface area contributed by atoms with Crippen molar-refractivity contribution in [3.8, 4) is 0 Å². The van der Waals surface area contributed by atoms with Gasteiger partial charge in [-0.15, -0.1) is 0 Å². The van der Waals surface area contributed by atoms with Crippen LogP contribution in [0.25, 0.3) is 10.8 Å². The zero-order valence-corrected chi connectivity index (χ0v) is 14.8. The largest absolute Gasteiger partial charge is 0.466 e. The van der Waals surface area contributed by atoms with Gasteiger partial charge in [0.25, 0.3) is 0 Å². The van der Waals surface area contributed by atoms with Crippen molar-refractivity contribution < 1.29 is 9.53 Å². The van der Waals surface area contributed by atoms with Crippen LogP contribution in [0.1, 0.15) is 37.8 Å². The highest BCUT2D eigenvalue weighted by atomic mass is 16.5. The Kier molecular flexibility index (Phi) is 5.52. The molecule has 0 spiro atoms. The zero-order chi connectivity index (χ0) is 16.9. The number of rotatable bonds is 5. The average molecular weight is 325 g/mol. The highest BCUT2D eigenvalue weighted by Gasteiger charge is 2.25. The van der Waals surface area contributed by atoms with E-state index < -0.39 is 0 Å². The summed E-state index contributed by atoms with van der Waals surface area (Å²) in [5.74, 6) is 0.0693. The highest BCUT2D eigenvalue weighted by Crippen LogP contribution is 2.24. The molecule has 0 aromatic heterocycles. The number of fused-ring (bicyclic) bond motifs is 1. The first kappa shape index (κ1) is 17.0. The molecule has 1 saturated heterocycles. The van der Waals surface area contributed by atoms with Crippen molar-refractivity contribution in [1.82, 2.24) is 4.90 Å². The molecule has 0 aliphatic carbocycles. The second-order valence-electron chi connectivity index (χ2n) is 6.63. The van der Waals surface area contributed by atoms with E-state index in [-0.39, 0.29) is 11.9 Å². The van der Waals surface area contributed by atoms with E-state index in [0.717, 1.165) is 38.9 Å². The fourth-order valence-corrected chi connectivity index (χ4v) is 3.65. The monoisotopic (exact) mass is 325 g/mol. The first-order valence-corrected chi connectivity index (χ1v) is 9.10. The Balaban J connectivity index is 1.63. The Labute approximate surface area is 144 Å². The second kappa shape index (κ2) is 7.80. The van der Waals surface area contributed by atoms with Crippen LogP contribution in [0.4, 0.5) is 0 Å². The normalized spacial score (nSPS) is 16.4. The quantitative estimate of drug-likeness (QED) is 0.773. The molecule has 0 N–H and O–H groups in total. The molecule has 1 aliphatic rings. The summed E-state index contributed by atoms with van der Waals surface area (Å²) in [7, 11) is 0. The number of hydrogen-bond donors (Lipinski definition) is 0. The van der Waals surface area contributed by atoms with Gasteiger partial charge < -0.3 is 4.74 Å². The third-order valence-corrected chi connectivity index (χ3v) is 5.03. The lowest BCUT2D eigenvalue weighted by atomic mass is 9.96. The first-order chi connectivity index (χ1) is 11.7. The van der Waals surface area contributed by atoms with Crippen molar-refractivity contribution in [2.24, 2.45) is 5.92 Å². The van der Waals surface area contributed by atoms with E-state index in [9.17, 15) is 4.79 Å². The SMILES string of the molecule is CCOC(=O)C1CCN(Cc2ccc3c(CC)cccc3c2)CC1. The molecule has 1 aliphatic heterocycles. The number of piperidine rings is 1. The van der Waals surface area contributed by atoms with Gasteiger partial charge in [0.1, 0.15) is 0 Å². The van der Waals surface area contributed by atoms with Gasteiger partial charge in [0.15, 0.2) is 0 Å². The maximum atomic E-state index is 11.8. The number of benzene rings is 2. The zero-order valence-electron chi connectivity index (χ0n) is 14.8. The predicted molar refractivity (Wildman–Crippen MR) is 98.0 cm³/mol. The number of carbonyl (C=O) groups excluding carboxylic acids is 1. The molecule has 2 aromatic rings. The molecular weight excluding hydrogens is 298 g/mol. The molecule has 0 atom stereocenters. The van der Waals surface area contributed by atoms with E-state index in [1.807, 2.05) is 6.92 Å². The van der Waals surface area contributed by atoms with Gasteiger partial charge in [-0.1, -0.05) is 37.3 Å². The van der Waals surface area contributed by atoms with Gasteiger partial charge in [0.05, 0.1) is 12.5 Å². The van der Waals surface area contributed by atoms with E-state index in [1.165, 1.54) is 21.9 Å². The average Bonchev–Trinajstić information content (AvgIpc) is 2.62. The molecule has 3 nitrogen and oxygen atoms in total. The van der Waals surface area contributed by atoms with Gasteiger partial charge in [0, 0.05) is 6.54 Å². The summed E-state index contributed by atoms with van der Waals surface area (Å²) in [5.41, 5.74) is 2.76. The Morgan fingerprint density at radius 1 is 1.17 bits per heavy atom. The van der Waals surface area contributed by atoms with Crippen molar-refractivity contribution in [1.29, 1.82) is 0 Å². The molecule has 0 saturated carbocycles. The van der Waals surface area contributed by atoms with E-state index in [1.54, 1.807) is 0 Å². The third kappa shape index (κ3) is 3.78. The summed E-state index contributed by atoms with van der Waals surface area (Å²) in [6, 6.07) is 13.4. The van der Waals surface area contributed by atoms with Gasteiger partial charge in [-0.3, -0.25) is 9.69 Å². The third-order valence-electron chi connectivity index (χ3n) is 5.03. The number of likely N-dealkylation sites (tertiary alicyclic amines) is 1. The van der Waals surface area contributed by atoms with Gasteiger partial charge in [-0.25, -0.2) is 0 Å². The van der Waals surface area contributed by atoms with Crippen LogP contribution in [0.3, 0.4) is 0 Å². The summed E-state index contributed by atoms with van der Waals surface area (Å²) in [6.45, 7) is 7.46. The topological polar surface area (TPSA) is 29.5 Å². The summed E-state index contributed by atoms with van der Waals surface area (Å²) in [6.07, 6.45) is 2.89. The molecule has 24 heavy (non-hydrogen) atoms. The summed E-state index contributed by atoms with van der Waals surface area (Å²) < 4.78 is 5.15. The van der Waals surface area contributed by atoms with Crippen molar-refractivity contribution in [2.45, 2.75) is 39.7 Å². The smallest absolute Gasteiger partial charge is 0.309 e. The fraction of sp³-hybridized carbons (Fsp3) is 0.476. The molecule has 3 heteroatoms. The van der Waals surface area contributed by atoms with Crippen LogP contribution in [0.2, 0.25) is 0 Å². The number of ether oxygens (including phenoxy) is 1. The molecule has 1 heterocycles. The summed E-state index contributed by atoms with van der Waals surface area (Å²) >= 11 is 0. The van der Waals surface area contributed by atoms with Crippen LogP contribution >= 0.6 is 0 Å². The van der Waals surface area contributed by atoms with Crippen molar-refractivity contribution in [2.75, 3.05) is 19.7 Å². The maximum Gasteiger partial charge on any atom is 0.309 e. The molecule has 1 fully saturated rings. The Hall–Kier alpha value is -1.87. The van der Waals surface area contributed by atoms with Gasteiger partial charge in [-0.05, 0) is 67.2 Å². The molecule has 3 rings (SSSR count). The van der Waals surface area contributed by atoms with Crippen LogP contribution in [0, 0.1) is 5.92 Å². The van der Waals surface area contributed by atoms with Crippen LogP contribution in [0.5, 0.6) is 0 Å². The fourth-order valence-electron chi connectivity index (χ4n) is 3.65. The molecule has 0 radical (unpaired) electrons. The molecule has 0 amide bonds. The van der Waals surface area contributed by atoms with E-state index >= 15 is 0 Å². The number of hydrogen-bond acceptors (Lipinski definition) is 3. The number of aryl methyl sites for hydroxylation is 1. The van der Waals surface area contributed by atoms with E-state index in [2.05, 4.69) is 48.2 Å². The second-order valence-corrected chi connectivity index (χ2v) is 6.63. The van der Waals surface area contributed by atoms with Gasteiger partial charge >= 0.3 is 5.97 Å². The van der Waals surface area contributed by atoms with E-state index in [0.29, 0.717) is 6.61 Å². The highest BCUT2D eigenvalue weighted by molar-refractivity contribution is 5.86. The standard InChI is InChI=1S/C21H27NO2/c1-3-17-6-5-7-19-14-16(8-9-20(17)19)15-22-12-10-18(11-13-22)21(23)24-4-2/h5-9,14,18H,3-4,10-13,15H2,1-2H3. The number of nitrogens with zero attached hydrogens (tertiary/aromatic N) is 1.